The van der Waals surface area contributed by atoms with Crippen molar-refractivity contribution in [1.82, 2.24) is 20.2 Å². The van der Waals surface area contributed by atoms with Crippen LogP contribution < -0.4 is 5.32 Å². The molecule has 1 N–H and O–H groups in total. The van der Waals surface area contributed by atoms with Crippen molar-refractivity contribution in [2.75, 3.05) is 5.32 Å². The zero-order valence-corrected chi connectivity index (χ0v) is 13.5. The maximum atomic E-state index is 12.4. The molecule has 0 aliphatic carbocycles. The number of non-ortho nitro benzene ring substituents is 1. The number of nitro benzene ring substituents is 1. The van der Waals surface area contributed by atoms with Gasteiger partial charge in [-0.2, -0.15) is 4.80 Å². The summed E-state index contributed by atoms with van der Waals surface area (Å²) in [6.45, 7) is 3.89. The molecule has 0 unspecified atom stereocenters. The molecule has 1 amide bonds. The summed E-state index contributed by atoms with van der Waals surface area (Å²) in [6.07, 6.45) is 1.58. The van der Waals surface area contributed by atoms with Gasteiger partial charge in [-0.1, -0.05) is 34.9 Å². The molecular formula is C13H9ClN6O3S. The monoisotopic (exact) mass is 364 g/mol. The molecule has 0 aliphatic heterocycles. The maximum absolute atomic E-state index is 12.4. The quantitative estimate of drug-likeness (QED) is 0.422. The molecule has 3 rings (SSSR count). The number of nitrogens with one attached hydrogen (secondary N) is 1. The SMILES string of the molecule is C=CCn1nnc(NC(=O)c2sc3c([N+](=O)[O-])cccc3c2Cl)n1. The summed E-state index contributed by atoms with van der Waals surface area (Å²) in [5.74, 6) is -0.557. The second-order valence-electron chi connectivity index (χ2n) is 4.57. The first kappa shape index (κ1) is 16.0. The van der Waals surface area contributed by atoms with Crippen molar-refractivity contribution in [1.29, 1.82) is 0 Å². The zero-order valence-electron chi connectivity index (χ0n) is 12.0. The molecule has 0 bridgehead atoms. The van der Waals surface area contributed by atoms with Crippen molar-refractivity contribution in [2.45, 2.75) is 6.54 Å². The van der Waals surface area contributed by atoms with Gasteiger partial charge in [-0.05, 0) is 5.21 Å². The number of carbonyl (C=O) groups is 1. The lowest BCUT2D eigenvalue weighted by atomic mass is 10.2. The van der Waals surface area contributed by atoms with Crippen LogP contribution in [0.25, 0.3) is 10.1 Å². The summed E-state index contributed by atoms with van der Waals surface area (Å²) in [6, 6.07) is 4.50. The lowest BCUT2D eigenvalue weighted by Gasteiger charge is -1.97. The molecule has 0 spiro atoms. The second-order valence-corrected chi connectivity index (χ2v) is 5.97. The Kier molecular flexibility index (Phi) is 4.23. The number of hydrogen-bond acceptors (Lipinski definition) is 7. The smallest absolute Gasteiger partial charge is 0.287 e. The van der Waals surface area contributed by atoms with Crippen LogP contribution in [0, 0.1) is 10.1 Å². The summed E-state index contributed by atoms with van der Waals surface area (Å²) in [7, 11) is 0. The predicted molar refractivity (Wildman–Crippen MR) is 89.5 cm³/mol. The normalized spacial score (nSPS) is 10.7. The van der Waals surface area contributed by atoms with Crippen molar-refractivity contribution < 1.29 is 9.72 Å². The van der Waals surface area contributed by atoms with Gasteiger partial charge in [0.2, 0.25) is 0 Å². The molecule has 0 atom stereocenters. The van der Waals surface area contributed by atoms with Gasteiger partial charge in [-0.3, -0.25) is 20.2 Å². The van der Waals surface area contributed by atoms with Crippen LogP contribution in [-0.4, -0.2) is 31.0 Å². The van der Waals surface area contributed by atoms with E-state index < -0.39 is 10.8 Å². The Labute approximate surface area is 143 Å². The van der Waals surface area contributed by atoms with E-state index in [2.05, 4.69) is 27.3 Å². The predicted octanol–water partition coefficient (Wildman–Crippen LogP) is 2.89. The van der Waals surface area contributed by atoms with Crippen molar-refractivity contribution in [2.24, 2.45) is 0 Å². The number of aromatic nitrogens is 4. The first-order valence-corrected chi connectivity index (χ1v) is 7.76. The van der Waals surface area contributed by atoms with E-state index >= 15 is 0 Å². The lowest BCUT2D eigenvalue weighted by molar-refractivity contribution is -0.382. The highest BCUT2D eigenvalue weighted by molar-refractivity contribution is 7.22. The van der Waals surface area contributed by atoms with E-state index in [0.29, 0.717) is 16.6 Å². The number of thiophene rings is 1. The molecule has 24 heavy (non-hydrogen) atoms. The first-order chi connectivity index (χ1) is 11.5. The van der Waals surface area contributed by atoms with Crippen LogP contribution in [0.2, 0.25) is 5.02 Å². The van der Waals surface area contributed by atoms with Crippen molar-refractivity contribution in [3.63, 3.8) is 0 Å². The van der Waals surface area contributed by atoms with Gasteiger partial charge in [-0.15, -0.1) is 23.0 Å². The van der Waals surface area contributed by atoms with Gasteiger partial charge >= 0.3 is 0 Å². The summed E-state index contributed by atoms with van der Waals surface area (Å²) in [5, 5.41) is 25.5. The number of halogens is 1. The number of nitrogens with zero attached hydrogens (tertiary/aromatic N) is 5. The van der Waals surface area contributed by atoms with Crippen LogP contribution in [0.15, 0.2) is 30.9 Å². The molecule has 0 aliphatic rings. The van der Waals surface area contributed by atoms with Crippen molar-refractivity contribution >= 4 is 50.6 Å². The minimum atomic E-state index is -0.561. The molecule has 1 aromatic carbocycles. The Balaban J connectivity index is 1.94. The summed E-state index contributed by atoms with van der Waals surface area (Å²) >= 11 is 7.14. The van der Waals surface area contributed by atoms with Crippen LogP contribution in [0.1, 0.15) is 9.67 Å². The Morgan fingerprint density at radius 3 is 3.04 bits per heavy atom. The van der Waals surface area contributed by atoms with E-state index in [0.717, 1.165) is 11.3 Å². The number of carbonyl (C=O) groups excluding carboxylic acids is 1. The first-order valence-electron chi connectivity index (χ1n) is 6.56. The van der Waals surface area contributed by atoms with Gasteiger partial charge in [0.05, 0.1) is 16.5 Å². The highest BCUT2D eigenvalue weighted by Crippen LogP contribution is 2.40. The van der Waals surface area contributed by atoms with Crippen LogP contribution in [0.4, 0.5) is 11.6 Å². The molecule has 2 aromatic heterocycles. The van der Waals surface area contributed by atoms with Crippen LogP contribution in [0.3, 0.4) is 0 Å². The average Bonchev–Trinajstić information content (AvgIpc) is 3.12. The highest BCUT2D eigenvalue weighted by Gasteiger charge is 2.23. The molecule has 0 fully saturated rings. The largest absolute Gasteiger partial charge is 0.287 e. The van der Waals surface area contributed by atoms with Crippen LogP contribution in [0.5, 0.6) is 0 Å². The fraction of sp³-hybridized carbons (Fsp3) is 0.0769. The standard InChI is InChI=1S/C13H9ClN6O3S/c1-2-6-19-17-13(16-18-19)15-12(21)11-9(14)7-4-3-5-8(20(22)23)10(7)24-11/h2-5H,1,6H2,(H,15,17,21). The minimum Gasteiger partial charge on any atom is -0.287 e. The fourth-order valence-electron chi connectivity index (χ4n) is 2.01. The Hall–Kier alpha value is -2.85. The molecule has 3 aromatic rings. The van der Waals surface area contributed by atoms with E-state index in [1.165, 1.54) is 16.9 Å². The summed E-state index contributed by atoms with van der Waals surface area (Å²) < 4.78 is 0.334. The maximum Gasteiger partial charge on any atom is 0.287 e. The van der Waals surface area contributed by atoms with Gasteiger partial charge in [0, 0.05) is 11.5 Å². The average molecular weight is 365 g/mol. The number of hydrogen-bond donors (Lipinski definition) is 1. The number of tetrazole rings is 1. The Bertz CT molecular complexity index is 966. The third kappa shape index (κ3) is 2.84. The van der Waals surface area contributed by atoms with Gasteiger partial charge in [0.1, 0.15) is 9.58 Å². The number of allylic oxidation sites excluding steroid dienone is 1. The van der Waals surface area contributed by atoms with E-state index in [1.807, 2.05) is 0 Å². The fourth-order valence-corrected chi connectivity index (χ4v) is 3.50. The topological polar surface area (TPSA) is 116 Å². The molecule has 0 saturated heterocycles. The van der Waals surface area contributed by atoms with E-state index in [4.69, 9.17) is 11.6 Å². The highest BCUT2D eigenvalue weighted by atomic mass is 35.5. The second kappa shape index (κ2) is 6.34. The number of fused-ring (bicyclic) bond motifs is 1. The Morgan fingerprint density at radius 1 is 1.54 bits per heavy atom. The number of rotatable bonds is 5. The third-order valence-corrected chi connectivity index (χ3v) is 4.74. The summed E-state index contributed by atoms with van der Waals surface area (Å²) in [4.78, 5) is 24.3. The number of nitro groups is 1. The molecule has 0 radical (unpaired) electrons. The van der Waals surface area contributed by atoms with Gasteiger partial charge in [-0.25, -0.2) is 0 Å². The Morgan fingerprint density at radius 2 is 2.33 bits per heavy atom. The van der Waals surface area contributed by atoms with E-state index in [1.54, 1.807) is 12.1 Å². The zero-order chi connectivity index (χ0) is 17.3. The number of benzene rings is 1. The third-order valence-electron chi connectivity index (χ3n) is 3.01. The summed E-state index contributed by atoms with van der Waals surface area (Å²) in [5.41, 5.74) is -0.103. The van der Waals surface area contributed by atoms with Crippen molar-refractivity contribution in [3.8, 4) is 0 Å². The van der Waals surface area contributed by atoms with E-state index in [9.17, 15) is 14.9 Å². The van der Waals surface area contributed by atoms with Crippen molar-refractivity contribution in [3.05, 3.63) is 50.9 Å². The molecule has 11 heteroatoms. The lowest BCUT2D eigenvalue weighted by Crippen LogP contribution is -2.12. The number of anilines is 1. The van der Waals surface area contributed by atoms with Gasteiger partial charge in [0.25, 0.3) is 17.5 Å². The number of amides is 1. The van der Waals surface area contributed by atoms with Gasteiger partial charge < -0.3 is 0 Å². The van der Waals surface area contributed by atoms with Gasteiger partial charge in [0.15, 0.2) is 0 Å². The molecule has 122 valence electrons. The van der Waals surface area contributed by atoms with Crippen LogP contribution >= 0.6 is 22.9 Å². The minimum absolute atomic E-state index is 0.00451. The molecule has 9 nitrogen and oxygen atoms in total. The molecule has 2 heterocycles. The molecule has 0 saturated carbocycles. The van der Waals surface area contributed by atoms with E-state index in [-0.39, 0.29) is 21.5 Å². The molecular weight excluding hydrogens is 356 g/mol. The van der Waals surface area contributed by atoms with Crippen LogP contribution in [-0.2, 0) is 6.54 Å².